The Labute approximate surface area is 662 Å². The third-order valence-corrected chi connectivity index (χ3v) is 19.6. The Kier molecular flexibility index (Phi) is 36.3. The van der Waals surface area contributed by atoms with Crippen LogP contribution >= 0.6 is 0 Å². The monoisotopic (exact) mass is 1620 g/mol. The molecular weight excluding hydrogens is 1510 g/mol. The summed E-state index contributed by atoms with van der Waals surface area (Å²) in [6.45, 7) is 12.1. The third-order valence-electron chi connectivity index (χ3n) is 19.6. The van der Waals surface area contributed by atoms with Gasteiger partial charge in [-0.25, -0.2) is 9.78 Å². The van der Waals surface area contributed by atoms with E-state index in [1.54, 1.807) is 27.7 Å². The van der Waals surface area contributed by atoms with Crippen molar-refractivity contribution < 1.29 is 106 Å². The second-order valence-corrected chi connectivity index (χ2v) is 29.9. The zero-order valence-corrected chi connectivity index (χ0v) is 65.6. The van der Waals surface area contributed by atoms with Gasteiger partial charge in [-0.3, -0.25) is 86.3 Å². The molecule has 4 heterocycles. The number of aliphatic carboxylic acids is 2. The number of nitrogens with zero attached hydrogens (tertiary/aromatic N) is 4. The van der Waals surface area contributed by atoms with Crippen molar-refractivity contribution >= 4 is 112 Å². The molecule has 42 nitrogen and oxygen atoms in total. The van der Waals surface area contributed by atoms with Gasteiger partial charge in [0, 0.05) is 50.8 Å². The molecule has 1 aromatic heterocycles. The normalized spacial score (nSPS) is 18.3. The summed E-state index contributed by atoms with van der Waals surface area (Å²) in [5, 5.41) is 56.1. The molecule has 0 bridgehead atoms. The number of phenolic OH excluding ortho intramolecular Hbond substituents is 1. The zero-order valence-electron chi connectivity index (χ0n) is 65.6. The number of carbonyl (C=O) groups excluding carboxylic acids is 17. The quantitative estimate of drug-likeness (QED) is 0.0293. The molecule has 634 valence electrons. The maximum atomic E-state index is 14.7. The Balaban J connectivity index is 1.24. The van der Waals surface area contributed by atoms with Crippen LogP contribution in [0.15, 0.2) is 36.8 Å². The number of hydrogen-bond acceptors (Lipinski definition) is 22. The Hall–Kier alpha value is -11.9. The number of nitrogens with one attached hydrogen (secondary N) is 12. The van der Waals surface area contributed by atoms with E-state index >= 15 is 0 Å². The van der Waals surface area contributed by atoms with E-state index in [4.69, 9.17) is 22.9 Å². The van der Waals surface area contributed by atoms with Crippen LogP contribution in [-0.4, -0.2) is 263 Å². The fourth-order valence-corrected chi connectivity index (χ4v) is 13.4. The van der Waals surface area contributed by atoms with Crippen molar-refractivity contribution in [2.45, 2.75) is 243 Å². The number of carbonyl (C=O) groups is 19. The van der Waals surface area contributed by atoms with Gasteiger partial charge in [-0.1, -0.05) is 60.1 Å². The van der Waals surface area contributed by atoms with Crippen LogP contribution in [0.1, 0.15) is 157 Å². The molecule has 5 rings (SSSR count). The highest BCUT2D eigenvalue weighted by Crippen LogP contribution is 2.30. The number of H-pyrrole nitrogens is 1. The number of carboxylic acids is 2. The summed E-state index contributed by atoms with van der Waals surface area (Å²) >= 11 is 0. The van der Waals surface area contributed by atoms with Crippen LogP contribution in [0, 0.1) is 17.8 Å². The molecule has 3 aliphatic heterocycles. The average Bonchev–Trinajstić information content (AvgIpc) is 1.64. The van der Waals surface area contributed by atoms with E-state index in [-0.39, 0.29) is 81.4 Å². The van der Waals surface area contributed by atoms with Gasteiger partial charge in [0.1, 0.15) is 84.3 Å². The Morgan fingerprint density at radius 3 is 1.50 bits per heavy atom. The predicted molar refractivity (Wildman–Crippen MR) is 404 cm³/mol. The molecule has 2 aromatic rings. The second-order valence-electron chi connectivity index (χ2n) is 29.9. The van der Waals surface area contributed by atoms with Crippen molar-refractivity contribution in [2.24, 2.45) is 40.7 Å². The van der Waals surface area contributed by atoms with Crippen LogP contribution in [0.3, 0.4) is 0 Å². The molecule has 17 amide bonds. The number of likely N-dealkylation sites (tertiary alicyclic amines) is 3. The van der Waals surface area contributed by atoms with Crippen LogP contribution < -0.4 is 81.4 Å². The highest BCUT2D eigenvalue weighted by molar-refractivity contribution is 6.02. The van der Waals surface area contributed by atoms with Crippen LogP contribution in [0.2, 0.25) is 0 Å². The number of benzene rings is 1. The fraction of sp³-hybridized carbons (Fsp3) is 0.616. The fourth-order valence-electron chi connectivity index (χ4n) is 13.4. The molecule has 3 saturated heterocycles. The highest BCUT2D eigenvalue weighted by Gasteiger charge is 2.48. The number of aromatic amines is 1. The van der Waals surface area contributed by atoms with Gasteiger partial charge in [0.2, 0.25) is 100 Å². The van der Waals surface area contributed by atoms with E-state index < -0.39 is 248 Å². The summed E-state index contributed by atoms with van der Waals surface area (Å²) in [7, 11) is 0. The van der Waals surface area contributed by atoms with Gasteiger partial charge in [0.05, 0.1) is 38.2 Å². The minimum Gasteiger partial charge on any atom is -0.508 e. The van der Waals surface area contributed by atoms with Gasteiger partial charge in [0.25, 0.3) is 0 Å². The van der Waals surface area contributed by atoms with Crippen molar-refractivity contribution in [1.29, 1.82) is 0 Å². The van der Waals surface area contributed by atoms with Crippen molar-refractivity contribution in [3.8, 4) is 5.75 Å². The van der Waals surface area contributed by atoms with E-state index in [2.05, 4.69) is 68.5 Å². The van der Waals surface area contributed by atoms with Crippen LogP contribution in [0.4, 0.5) is 0 Å². The maximum Gasteiger partial charge on any atom is 0.326 e. The predicted octanol–water partition coefficient (Wildman–Crippen LogP) is -6.08. The molecule has 1 aromatic carbocycles. The number of aromatic hydroxyl groups is 1. The number of imidazole rings is 1. The molecule has 0 saturated carbocycles. The van der Waals surface area contributed by atoms with Gasteiger partial charge in [-0.15, -0.1) is 0 Å². The van der Waals surface area contributed by atoms with Crippen molar-refractivity contribution in [2.75, 3.05) is 26.2 Å². The topological polar surface area (TPSA) is 660 Å². The molecule has 0 unspecified atom stereocenters. The second kappa shape index (κ2) is 44.5. The van der Waals surface area contributed by atoms with Crippen LogP contribution in [0.5, 0.6) is 5.75 Å². The number of carboxylic acid groups (broad SMARTS) is 2. The van der Waals surface area contributed by atoms with E-state index in [1.807, 2.05) is 13.8 Å². The Morgan fingerprint density at radius 1 is 0.504 bits per heavy atom. The summed E-state index contributed by atoms with van der Waals surface area (Å²) in [6.07, 6.45) is 0.404. The number of phenols is 1. The summed E-state index contributed by atoms with van der Waals surface area (Å²) in [5.74, 6) is -20.0. The van der Waals surface area contributed by atoms with Gasteiger partial charge >= 0.3 is 11.9 Å². The van der Waals surface area contributed by atoms with E-state index in [9.17, 15) is 106 Å². The van der Waals surface area contributed by atoms with Crippen LogP contribution in [-0.2, 0) is 104 Å². The van der Waals surface area contributed by atoms with E-state index in [0.717, 1.165) is 6.92 Å². The molecule has 0 radical (unpaired) electrons. The molecule has 0 spiro atoms. The molecule has 3 aliphatic rings. The van der Waals surface area contributed by atoms with Crippen molar-refractivity contribution in [3.05, 3.63) is 48.0 Å². The number of aromatic nitrogens is 2. The first-order chi connectivity index (χ1) is 54.1. The number of nitrogens with two attached hydrogens (primary N) is 4. The summed E-state index contributed by atoms with van der Waals surface area (Å²) in [6, 6.07) is -14.9. The lowest BCUT2D eigenvalue weighted by Gasteiger charge is -2.35. The zero-order chi connectivity index (χ0) is 85.8. The van der Waals surface area contributed by atoms with E-state index in [0.29, 0.717) is 31.2 Å². The molecular formula is C73H110N20O22. The molecule has 3 fully saturated rings. The Bertz CT molecular complexity index is 3860. The molecule has 23 N–H and O–H groups in total. The van der Waals surface area contributed by atoms with Gasteiger partial charge < -0.3 is 116 Å². The minimum atomic E-state index is -1.99. The Morgan fingerprint density at radius 2 is 0.974 bits per heavy atom. The first-order valence-corrected chi connectivity index (χ1v) is 38.1. The number of primary amides is 3. The molecule has 115 heavy (non-hydrogen) atoms. The van der Waals surface area contributed by atoms with E-state index in [1.165, 1.54) is 58.4 Å². The first-order valence-electron chi connectivity index (χ1n) is 38.1. The minimum absolute atomic E-state index is 0.0167. The lowest BCUT2D eigenvalue weighted by Crippen LogP contribution is -2.60. The number of rotatable bonds is 45. The number of hydrogen-bond donors (Lipinski definition) is 19. The lowest BCUT2D eigenvalue weighted by atomic mass is 9.97. The molecule has 42 heteroatoms. The number of amides is 17. The lowest BCUT2D eigenvalue weighted by molar-refractivity contribution is -0.151. The summed E-state index contributed by atoms with van der Waals surface area (Å²) in [4.78, 5) is 267. The van der Waals surface area contributed by atoms with Gasteiger partial charge in [0.15, 0.2) is 0 Å². The van der Waals surface area contributed by atoms with Crippen molar-refractivity contribution in [3.63, 3.8) is 0 Å². The molecule has 15 atom stereocenters. The largest absolute Gasteiger partial charge is 0.508 e. The first kappa shape index (κ1) is 93.7. The molecule has 0 aliphatic carbocycles. The summed E-state index contributed by atoms with van der Waals surface area (Å²) in [5.41, 5.74) is 23.0. The van der Waals surface area contributed by atoms with Crippen molar-refractivity contribution in [1.82, 2.24) is 83.2 Å². The standard InChI is InChI=1S/C73H110N20O22/c1-9-37(6)59(73(114)115)90-68(109)45(26-36(4)5)86-64(105)44(20-21-54(75)95)83-66(107)48(29-55(76)96)84-60(101)38(7)81-57(98)33-79-63(104)47(28-41-32-78-34-80-41)87-67(108)49(31-58(99)100)85-61(102)39(8)82-65(106)46(27-40-16-18-42(94)19-17-40)88-69(110)51-13-10-22-91(51)71(112)53-15-12-24-93(53)72(113)52-14-11-23-92(52)70(111)50(30-56(77)97)89-62(103)43(74)25-35(2)3/h16-19,32,34-39,43-53,59,94H,9-15,20-31,33,74H2,1-8H3,(H2,75,95)(H2,76,96)(H2,77,97)(H,78,80)(H,79,104)(H,81,98)(H,82,106)(H,83,107)(H,84,101)(H,85,102)(H,86,105)(H,87,108)(H,88,110)(H,89,103)(H,90,109)(H,99,100)(H,114,115)/t37-,38-,39-,43-,44-,45-,46-,47-,48-,49-,50-,51-,52-,53-,59-/m0/s1. The summed E-state index contributed by atoms with van der Waals surface area (Å²) < 4.78 is 0. The SMILES string of the molecule is CC[C@H](C)[C@H](NC(=O)[C@H](CC(C)C)NC(=O)[C@H](CCC(N)=O)NC(=O)[C@H](CC(N)=O)NC(=O)[C@H](C)NC(=O)CNC(=O)[C@H](Cc1cnc[nH]1)NC(=O)[C@H](CC(=O)O)NC(=O)[C@H](C)NC(=O)[C@H](Cc1ccc(O)cc1)NC(=O)[C@@H]1CCCN1C(=O)[C@@H]1CCCN1C(=O)[C@@H]1CCCN1C(=O)[C@H](CC(N)=O)NC(=O)[C@@H](N)CC(C)C)C(=O)O. The van der Waals surface area contributed by atoms with Gasteiger partial charge in [-0.2, -0.15) is 0 Å². The maximum absolute atomic E-state index is 14.7. The van der Waals surface area contributed by atoms with Crippen LogP contribution in [0.25, 0.3) is 0 Å². The third kappa shape index (κ3) is 29.2. The smallest absolute Gasteiger partial charge is 0.326 e. The van der Waals surface area contributed by atoms with Gasteiger partial charge in [-0.05, 0) is 107 Å². The average molecular weight is 1620 g/mol. The highest BCUT2D eigenvalue weighted by atomic mass is 16.4.